The zero-order valence-corrected chi connectivity index (χ0v) is 10.6. The van der Waals surface area contributed by atoms with Gasteiger partial charge in [-0.15, -0.1) is 0 Å². The van der Waals surface area contributed by atoms with Gasteiger partial charge in [0, 0.05) is 12.2 Å². The van der Waals surface area contributed by atoms with E-state index in [0.29, 0.717) is 0 Å². The summed E-state index contributed by atoms with van der Waals surface area (Å²) >= 11 is 0. The van der Waals surface area contributed by atoms with Crippen LogP contribution in [0.2, 0.25) is 0 Å². The lowest BCUT2D eigenvalue weighted by Gasteiger charge is -2.07. The molecular formula is C13H18N2O2. The number of aromatic nitrogens is 1. The molecule has 1 fully saturated rings. The minimum Gasteiger partial charge on any atom is -0.505 e. The van der Waals surface area contributed by atoms with Gasteiger partial charge in [-0.2, -0.15) is 0 Å². The molecule has 0 aromatic carbocycles. The van der Waals surface area contributed by atoms with Crippen LogP contribution in [0, 0.1) is 10.8 Å². The van der Waals surface area contributed by atoms with E-state index in [0.717, 1.165) is 0 Å². The fraction of sp³-hybridized carbons (Fsp3) is 0.538. The molecule has 1 saturated carbocycles. The van der Waals surface area contributed by atoms with Gasteiger partial charge in [-0.05, 0) is 23.0 Å². The van der Waals surface area contributed by atoms with Crippen LogP contribution in [0.25, 0.3) is 0 Å². The van der Waals surface area contributed by atoms with Crippen LogP contribution < -0.4 is 5.32 Å². The maximum absolute atomic E-state index is 12.0. The van der Waals surface area contributed by atoms with Crippen molar-refractivity contribution >= 4 is 5.91 Å². The van der Waals surface area contributed by atoms with Gasteiger partial charge in [0.25, 0.3) is 5.91 Å². The molecule has 0 spiro atoms. The van der Waals surface area contributed by atoms with Crippen molar-refractivity contribution in [2.75, 3.05) is 0 Å². The summed E-state index contributed by atoms with van der Waals surface area (Å²) < 4.78 is 0. The molecule has 0 unspecified atom stereocenters. The molecule has 4 heteroatoms. The van der Waals surface area contributed by atoms with E-state index in [1.54, 1.807) is 6.07 Å². The normalized spacial score (nSPS) is 20.9. The Balaban J connectivity index is 2.13. The molecule has 1 aromatic rings. The van der Waals surface area contributed by atoms with Gasteiger partial charge >= 0.3 is 0 Å². The largest absolute Gasteiger partial charge is 0.505 e. The third-order valence-corrected chi connectivity index (χ3v) is 4.30. The van der Waals surface area contributed by atoms with Gasteiger partial charge < -0.3 is 10.4 Å². The van der Waals surface area contributed by atoms with Crippen LogP contribution >= 0.6 is 0 Å². The number of pyridine rings is 1. The molecule has 0 aliphatic heterocycles. The van der Waals surface area contributed by atoms with Gasteiger partial charge in [0.2, 0.25) is 0 Å². The molecule has 17 heavy (non-hydrogen) atoms. The molecule has 1 aliphatic rings. The molecule has 0 bridgehead atoms. The minimum absolute atomic E-state index is 0.0764. The molecular weight excluding hydrogens is 216 g/mol. The lowest BCUT2D eigenvalue weighted by Crippen LogP contribution is -2.30. The fourth-order valence-electron chi connectivity index (χ4n) is 2.33. The Hall–Kier alpha value is -1.58. The summed E-state index contributed by atoms with van der Waals surface area (Å²) in [6, 6.07) is 3.17. The van der Waals surface area contributed by atoms with Crippen LogP contribution in [0.4, 0.5) is 0 Å². The monoisotopic (exact) mass is 234 g/mol. The van der Waals surface area contributed by atoms with Crippen molar-refractivity contribution in [2.45, 2.75) is 33.7 Å². The molecule has 1 aliphatic carbocycles. The second-order valence-electron chi connectivity index (χ2n) is 5.72. The second-order valence-corrected chi connectivity index (χ2v) is 5.72. The van der Waals surface area contributed by atoms with Crippen molar-refractivity contribution in [3.05, 3.63) is 24.0 Å². The standard InChI is InChI=1S/C13H18N2O2/c1-12(2)11(13(12,3)4)15-10(17)9-8(16)6-5-7-14-9/h5-7,11,16H,1-4H3,(H,15,17). The Morgan fingerprint density at radius 3 is 2.41 bits per heavy atom. The van der Waals surface area contributed by atoms with E-state index < -0.39 is 0 Å². The first-order valence-corrected chi connectivity index (χ1v) is 5.73. The van der Waals surface area contributed by atoms with Gasteiger partial charge in [-0.1, -0.05) is 27.7 Å². The van der Waals surface area contributed by atoms with Crippen molar-refractivity contribution in [2.24, 2.45) is 10.8 Å². The highest BCUT2D eigenvalue weighted by Crippen LogP contribution is 2.62. The number of rotatable bonds is 2. The zero-order valence-electron chi connectivity index (χ0n) is 10.6. The number of nitrogens with one attached hydrogen (secondary N) is 1. The summed E-state index contributed by atoms with van der Waals surface area (Å²) in [6.45, 7) is 8.49. The van der Waals surface area contributed by atoms with Crippen molar-refractivity contribution in [1.29, 1.82) is 0 Å². The van der Waals surface area contributed by atoms with E-state index in [-0.39, 0.29) is 34.2 Å². The van der Waals surface area contributed by atoms with Crippen LogP contribution in [-0.4, -0.2) is 22.0 Å². The topological polar surface area (TPSA) is 62.2 Å². The maximum Gasteiger partial charge on any atom is 0.273 e. The summed E-state index contributed by atoms with van der Waals surface area (Å²) in [5.41, 5.74) is 0.242. The van der Waals surface area contributed by atoms with Crippen molar-refractivity contribution in [3.8, 4) is 5.75 Å². The van der Waals surface area contributed by atoms with Crippen molar-refractivity contribution in [1.82, 2.24) is 10.3 Å². The van der Waals surface area contributed by atoms with E-state index in [1.807, 2.05) is 0 Å². The van der Waals surface area contributed by atoms with Gasteiger partial charge in [0.05, 0.1) is 0 Å². The fourth-order valence-corrected chi connectivity index (χ4v) is 2.33. The predicted molar refractivity (Wildman–Crippen MR) is 64.7 cm³/mol. The summed E-state index contributed by atoms with van der Waals surface area (Å²) in [7, 11) is 0. The number of amides is 1. The highest BCUT2D eigenvalue weighted by atomic mass is 16.3. The molecule has 2 rings (SSSR count). The molecule has 92 valence electrons. The molecule has 4 nitrogen and oxygen atoms in total. The summed E-state index contributed by atoms with van der Waals surface area (Å²) in [5, 5.41) is 12.5. The first-order valence-electron chi connectivity index (χ1n) is 5.73. The van der Waals surface area contributed by atoms with Gasteiger partial charge in [0.15, 0.2) is 5.69 Å². The van der Waals surface area contributed by atoms with E-state index in [4.69, 9.17) is 0 Å². The van der Waals surface area contributed by atoms with Gasteiger partial charge in [-0.25, -0.2) is 4.98 Å². The number of carbonyl (C=O) groups excluding carboxylic acids is 1. The zero-order chi connectivity index (χ0) is 12.8. The number of hydrogen-bond donors (Lipinski definition) is 2. The van der Waals surface area contributed by atoms with Gasteiger partial charge in [-0.3, -0.25) is 4.79 Å². The quantitative estimate of drug-likeness (QED) is 0.822. The third-order valence-electron chi connectivity index (χ3n) is 4.30. The van der Waals surface area contributed by atoms with Gasteiger partial charge in [0.1, 0.15) is 5.75 Å². The van der Waals surface area contributed by atoms with Crippen LogP contribution in [0.15, 0.2) is 18.3 Å². The molecule has 1 heterocycles. The van der Waals surface area contributed by atoms with E-state index >= 15 is 0 Å². The molecule has 0 atom stereocenters. The molecule has 2 N–H and O–H groups in total. The second kappa shape index (κ2) is 3.45. The Kier molecular flexibility index (Phi) is 2.42. The van der Waals surface area contributed by atoms with E-state index in [2.05, 4.69) is 38.0 Å². The number of hydrogen-bond acceptors (Lipinski definition) is 3. The average Bonchev–Trinajstić information content (AvgIpc) is 2.61. The smallest absolute Gasteiger partial charge is 0.273 e. The van der Waals surface area contributed by atoms with E-state index in [1.165, 1.54) is 12.3 Å². The highest BCUT2D eigenvalue weighted by Gasteiger charge is 2.65. The lowest BCUT2D eigenvalue weighted by molar-refractivity contribution is 0.0935. The first-order chi connectivity index (χ1) is 7.78. The van der Waals surface area contributed by atoms with Crippen LogP contribution in [-0.2, 0) is 0 Å². The molecule has 0 radical (unpaired) electrons. The third kappa shape index (κ3) is 1.68. The lowest BCUT2D eigenvalue weighted by atomic mass is 10.0. The summed E-state index contributed by atoms with van der Waals surface area (Å²) in [5.74, 6) is -0.395. The van der Waals surface area contributed by atoms with E-state index in [9.17, 15) is 9.90 Å². The van der Waals surface area contributed by atoms with Crippen molar-refractivity contribution < 1.29 is 9.90 Å². The summed E-state index contributed by atoms with van der Waals surface area (Å²) in [6.07, 6.45) is 1.50. The number of nitrogens with zero attached hydrogens (tertiary/aromatic N) is 1. The molecule has 0 saturated heterocycles. The summed E-state index contributed by atoms with van der Waals surface area (Å²) in [4.78, 5) is 15.9. The minimum atomic E-state index is -0.313. The van der Waals surface area contributed by atoms with Crippen molar-refractivity contribution in [3.63, 3.8) is 0 Å². The van der Waals surface area contributed by atoms with Crippen LogP contribution in [0.1, 0.15) is 38.2 Å². The van der Waals surface area contributed by atoms with Crippen LogP contribution in [0.3, 0.4) is 0 Å². The number of aromatic hydroxyl groups is 1. The maximum atomic E-state index is 12.0. The molecule has 1 amide bonds. The Morgan fingerprint density at radius 1 is 1.35 bits per heavy atom. The first kappa shape index (κ1) is 11.9. The Labute approximate surface area is 101 Å². The Morgan fingerprint density at radius 2 is 1.94 bits per heavy atom. The van der Waals surface area contributed by atoms with Crippen LogP contribution in [0.5, 0.6) is 5.75 Å². The average molecular weight is 234 g/mol. The number of carbonyl (C=O) groups is 1. The SMILES string of the molecule is CC1(C)C(NC(=O)c2ncccc2O)C1(C)C. The Bertz CT molecular complexity index is 452. The predicted octanol–water partition coefficient (Wildman–Crippen LogP) is 1.95. The molecule has 1 aromatic heterocycles. The highest BCUT2D eigenvalue weighted by molar-refractivity contribution is 5.95.